The number of aryl methyl sites for hydroxylation is 1. The minimum Gasteiger partial charge on any atom is -0.464 e. The van der Waals surface area contributed by atoms with Crippen molar-refractivity contribution in [2.45, 2.75) is 32.2 Å². The molecule has 1 aromatic rings. The van der Waals surface area contributed by atoms with E-state index >= 15 is 0 Å². The first-order chi connectivity index (χ1) is 9.80. The van der Waals surface area contributed by atoms with E-state index in [-0.39, 0.29) is 6.04 Å². The van der Waals surface area contributed by atoms with E-state index in [2.05, 4.69) is 28.9 Å². The first-order valence-corrected chi connectivity index (χ1v) is 8.05. The zero-order valence-electron chi connectivity index (χ0n) is 12.6. The minimum atomic E-state index is 0.248. The zero-order valence-corrected chi connectivity index (χ0v) is 12.6. The van der Waals surface area contributed by atoms with Crippen LogP contribution in [0.25, 0.3) is 0 Å². The summed E-state index contributed by atoms with van der Waals surface area (Å²) in [5.74, 6) is 3.09. The standard InChI is InChI=1S/C16H27N3O/c1-2-14-5-6-16(20-14)15(11-17)19-9-7-18(8-10-19)12-13-3-4-13/h5-6,13,15H,2-4,7-12,17H2,1H3. The lowest BCUT2D eigenvalue weighted by molar-refractivity contribution is 0.0864. The van der Waals surface area contributed by atoms with Crippen molar-refractivity contribution in [3.8, 4) is 0 Å². The quantitative estimate of drug-likeness (QED) is 0.862. The van der Waals surface area contributed by atoms with Gasteiger partial charge in [0.1, 0.15) is 11.5 Å². The van der Waals surface area contributed by atoms with Gasteiger partial charge < -0.3 is 15.1 Å². The van der Waals surface area contributed by atoms with Crippen LogP contribution >= 0.6 is 0 Å². The predicted octanol–water partition coefficient (Wildman–Crippen LogP) is 1.87. The average molecular weight is 277 g/mol. The molecule has 0 bridgehead atoms. The first-order valence-electron chi connectivity index (χ1n) is 8.05. The molecule has 1 saturated heterocycles. The van der Waals surface area contributed by atoms with Gasteiger partial charge in [0.05, 0.1) is 6.04 Å². The average Bonchev–Trinajstić information content (AvgIpc) is 3.16. The third-order valence-electron chi connectivity index (χ3n) is 4.64. The van der Waals surface area contributed by atoms with Crippen molar-refractivity contribution in [1.82, 2.24) is 9.80 Å². The molecule has 4 nitrogen and oxygen atoms in total. The summed E-state index contributed by atoms with van der Waals surface area (Å²) in [5.41, 5.74) is 6.00. The molecule has 0 aromatic carbocycles. The number of hydrogen-bond donors (Lipinski definition) is 1. The van der Waals surface area contributed by atoms with E-state index in [4.69, 9.17) is 10.2 Å². The summed E-state index contributed by atoms with van der Waals surface area (Å²) in [6.07, 6.45) is 3.84. The van der Waals surface area contributed by atoms with Crippen molar-refractivity contribution in [3.63, 3.8) is 0 Å². The van der Waals surface area contributed by atoms with Crippen LogP contribution in [0.5, 0.6) is 0 Å². The molecule has 2 N–H and O–H groups in total. The van der Waals surface area contributed by atoms with Gasteiger partial charge >= 0.3 is 0 Å². The van der Waals surface area contributed by atoms with Crippen LogP contribution < -0.4 is 5.73 Å². The van der Waals surface area contributed by atoms with Gasteiger partial charge in [0, 0.05) is 45.7 Å². The van der Waals surface area contributed by atoms with Gasteiger partial charge in [0.25, 0.3) is 0 Å². The summed E-state index contributed by atoms with van der Waals surface area (Å²) in [5, 5.41) is 0. The molecule has 112 valence electrons. The molecule has 2 fully saturated rings. The van der Waals surface area contributed by atoms with E-state index in [1.807, 2.05) is 0 Å². The number of furan rings is 1. The molecule has 4 heteroatoms. The Balaban J connectivity index is 1.56. The fourth-order valence-corrected chi connectivity index (χ4v) is 3.13. The molecule has 1 unspecified atom stereocenters. The third kappa shape index (κ3) is 3.25. The molecular weight excluding hydrogens is 250 g/mol. The summed E-state index contributed by atoms with van der Waals surface area (Å²) in [4.78, 5) is 5.10. The summed E-state index contributed by atoms with van der Waals surface area (Å²) < 4.78 is 5.91. The molecule has 1 aromatic heterocycles. The van der Waals surface area contributed by atoms with E-state index in [1.165, 1.54) is 32.5 Å². The topological polar surface area (TPSA) is 45.6 Å². The monoisotopic (exact) mass is 277 g/mol. The SMILES string of the molecule is CCc1ccc(C(CN)N2CCN(CC3CC3)CC2)o1. The van der Waals surface area contributed by atoms with Crippen LogP contribution in [-0.4, -0.2) is 49.1 Å². The molecule has 1 atom stereocenters. The molecule has 2 heterocycles. The Morgan fingerprint density at radius 1 is 1.25 bits per heavy atom. The lowest BCUT2D eigenvalue weighted by atomic mass is 10.1. The van der Waals surface area contributed by atoms with Crippen LogP contribution in [0.15, 0.2) is 16.5 Å². The van der Waals surface area contributed by atoms with Crippen molar-refractivity contribution >= 4 is 0 Å². The Hall–Kier alpha value is -0.840. The van der Waals surface area contributed by atoms with E-state index in [9.17, 15) is 0 Å². The van der Waals surface area contributed by atoms with Crippen molar-refractivity contribution in [2.24, 2.45) is 11.7 Å². The molecule has 3 rings (SSSR count). The predicted molar refractivity (Wildman–Crippen MR) is 80.6 cm³/mol. The second-order valence-electron chi connectivity index (χ2n) is 6.19. The smallest absolute Gasteiger partial charge is 0.122 e. The normalized spacial score (nSPS) is 23.1. The van der Waals surface area contributed by atoms with Gasteiger partial charge in [-0.3, -0.25) is 4.90 Å². The van der Waals surface area contributed by atoms with Crippen LogP contribution in [-0.2, 0) is 6.42 Å². The molecule has 20 heavy (non-hydrogen) atoms. The van der Waals surface area contributed by atoms with Gasteiger partial charge in [-0.1, -0.05) is 6.92 Å². The maximum Gasteiger partial charge on any atom is 0.122 e. The maximum atomic E-state index is 6.00. The highest BCUT2D eigenvalue weighted by Gasteiger charge is 2.29. The van der Waals surface area contributed by atoms with E-state index < -0.39 is 0 Å². The highest BCUT2D eigenvalue weighted by molar-refractivity contribution is 5.11. The fourth-order valence-electron chi connectivity index (χ4n) is 3.13. The highest BCUT2D eigenvalue weighted by atomic mass is 16.3. The lowest BCUT2D eigenvalue weighted by Gasteiger charge is -2.38. The van der Waals surface area contributed by atoms with E-state index in [1.54, 1.807) is 0 Å². The molecule has 1 saturated carbocycles. The molecule has 1 aliphatic heterocycles. The first kappa shape index (κ1) is 14.1. The van der Waals surface area contributed by atoms with Gasteiger partial charge in [0.2, 0.25) is 0 Å². The molecular formula is C16H27N3O. The van der Waals surface area contributed by atoms with Crippen LogP contribution in [0.1, 0.15) is 37.3 Å². The number of hydrogen-bond acceptors (Lipinski definition) is 4. The summed E-state index contributed by atoms with van der Waals surface area (Å²) in [6, 6.07) is 4.44. The van der Waals surface area contributed by atoms with Gasteiger partial charge in [-0.2, -0.15) is 0 Å². The Bertz CT molecular complexity index is 419. The Labute approximate surface area is 121 Å². The minimum absolute atomic E-state index is 0.248. The van der Waals surface area contributed by atoms with E-state index in [0.29, 0.717) is 6.54 Å². The van der Waals surface area contributed by atoms with Crippen molar-refractivity contribution in [2.75, 3.05) is 39.3 Å². The fraction of sp³-hybridized carbons (Fsp3) is 0.750. The van der Waals surface area contributed by atoms with Gasteiger partial charge in [-0.15, -0.1) is 0 Å². The molecule has 0 spiro atoms. The zero-order chi connectivity index (χ0) is 13.9. The molecule has 0 amide bonds. The van der Waals surface area contributed by atoms with Gasteiger partial charge in [-0.25, -0.2) is 0 Å². The van der Waals surface area contributed by atoms with Gasteiger partial charge in [-0.05, 0) is 30.9 Å². The largest absolute Gasteiger partial charge is 0.464 e. The van der Waals surface area contributed by atoms with Gasteiger partial charge in [0.15, 0.2) is 0 Å². The van der Waals surface area contributed by atoms with Crippen LogP contribution in [0.3, 0.4) is 0 Å². The molecule has 2 aliphatic rings. The lowest BCUT2D eigenvalue weighted by Crippen LogP contribution is -2.49. The van der Waals surface area contributed by atoms with Crippen molar-refractivity contribution in [1.29, 1.82) is 0 Å². The maximum absolute atomic E-state index is 6.00. The van der Waals surface area contributed by atoms with E-state index in [0.717, 1.165) is 36.9 Å². The number of rotatable bonds is 6. The van der Waals surface area contributed by atoms with Crippen LogP contribution in [0, 0.1) is 5.92 Å². The highest BCUT2D eigenvalue weighted by Crippen LogP contribution is 2.30. The summed E-state index contributed by atoms with van der Waals surface area (Å²) in [7, 11) is 0. The summed E-state index contributed by atoms with van der Waals surface area (Å²) >= 11 is 0. The molecule has 1 aliphatic carbocycles. The Morgan fingerprint density at radius 2 is 2.00 bits per heavy atom. The molecule has 0 radical (unpaired) electrons. The number of nitrogens with zero attached hydrogens (tertiary/aromatic N) is 2. The van der Waals surface area contributed by atoms with Crippen LogP contribution in [0.2, 0.25) is 0 Å². The number of nitrogens with two attached hydrogens (primary N) is 1. The number of piperazine rings is 1. The van der Waals surface area contributed by atoms with Crippen molar-refractivity contribution in [3.05, 3.63) is 23.7 Å². The second-order valence-corrected chi connectivity index (χ2v) is 6.19. The third-order valence-corrected chi connectivity index (χ3v) is 4.64. The van der Waals surface area contributed by atoms with Crippen LogP contribution in [0.4, 0.5) is 0 Å². The van der Waals surface area contributed by atoms with Crippen molar-refractivity contribution < 1.29 is 4.42 Å². The summed E-state index contributed by atoms with van der Waals surface area (Å²) in [6.45, 7) is 8.63. The Morgan fingerprint density at radius 3 is 2.55 bits per heavy atom. The Kier molecular flexibility index (Phi) is 4.44. The second kappa shape index (κ2) is 6.29.